The standard InChI is InChI=1S/C25H26N4S/c26-12-5-14-28-21-8-3-4-9-24(21)30-25-17-19(10-11-22(25)28)23-16-18-6-1-2-7-20(18)29(23)15-13-27/h1-4,6-11,16-17H,5,12-15,26-27H2. The van der Waals surface area contributed by atoms with Gasteiger partial charge in [0.2, 0.25) is 0 Å². The molecule has 1 aliphatic heterocycles. The van der Waals surface area contributed by atoms with Crippen LogP contribution in [0.25, 0.3) is 22.2 Å². The zero-order valence-electron chi connectivity index (χ0n) is 16.9. The van der Waals surface area contributed by atoms with Crippen LogP contribution in [0.1, 0.15) is 6.42 Å². The van der Waals surface area contributed by atoms with Crippen LogP contribution in [0.15, 0.2) is 82.6 Å². The van der Waals surface area contributed by atoms with Crippen molar-refractivity contribution >= 4 is 34.0 Å². The van der Waals surface area contributed by atoms with Crippen molar-refractivity contribution in [2.75, 3.05) is 24.5 Å². The smallest absolute Gasteiger partial charge is 0.0553 e. The first-order chi connectivity index (χ1) is 14.8. The summed E-state index contributed by atoms with van der Waals surface area (Å²) in [5.41, 5.74) is 18.0. The van der Waals surface area contributed by atoms with Crippen LogP contribution in [0.5, 0.6) is 0 Å². The summed E-state index contributed by atoms with van der Waals surface area (Å²) in [6, 6.07) is 26.3. The van der Waals surface area contributed by atoms with Gasteiger partial charge in [0.1, 0.15) is 0 Å². The van der Waals surface area contributed by atoms with Crippen molar-refractivity contribution < 1.29 is 0 Å². The van der Waals surface area contributed by atoms with E-state index in [1.165, 1.54) is 43.3 Å². The second-order valence-electron chi connectivity index (χ2n) is 7.57. The third-order valence-electron chi connectivity index (χ3n) is 5.67. The summed E-state index contributed by atoms with van der Waals surface area (Å²) in [6.07, 6.45) is 0.963. The maximum atomic E-state index is 5.94. The van der Waals surface area contributed by atoms with Gasteiger partial charge in [0.05, 0.1) is 11.4 Å². The molecule has 4 N–H and O–H groups in total. The molecule has 5 heteroatoms. The van der Waals surface area contributed by atoms with E-state index >= 15 is 0 Å². The molecule has 30 heavy (non-hydrogen) atoms. The normalized spacial score (nSPS) is 12.8. The van der Waals surface area contributed by atoms with Crippen molar-refractivity contribution in [3.8, 4) is 11.3 Å². The summed E-state index contributed by atoms with van der Waals surface area (Å²) in [6.45, 7) is 3.04. The summed E-state index contributed by atoms with van der Waals surface area (Å²) in [5, 5.41) is 1.25. The minimum absolute atomic E-state index is 0.617. The molecule has 0 fully saturated rings. The molecule has 0 saturated heterocycles. The molecule has 4 aromatic rings. The fourth-order valence-electron chi connectivity index (χ4n) is 4.30. The van der Waals surface area contributed by atoms with E-state index in [0.29, 0.717) is 13.1 Å². The highest BCUT2D eigenvalue weighted by Gasteiger charge is 2.23. The Balaban J connectivity index is 1.62. The van der Waals surface area contributed by atoms with Gasteiger partial charge in [0, 0.05) is 46.0 Å². The molecule has 0 spiro atoms. The first-order valence-corrected chi connectivity index (χ1v) is 11.3. The van der Waals surface area contributed by atoms with Gasteiger partial charge in [-0.1, -0.05) is 48.2 Å². The maximum absolute atomic E-state index is 5.94. The van der Waals surface area contributed by atoms with Crippen LogP contribution >= 0.6 is 11.8 Å². The van der Waals surface area contributed by atoms with Crippen LogP contribution in [0, 0.1) is 0 Å². The number of nitrogens with zero attached hydrogens (tertiary/aromatic N) is 2. The Hall–Kier alpha value is -2.73. The van der Waals surface area contributed by atoms with E-state index < -0.39 is 0 Å². The Morgan fingerprint density at radius 1 is 0.733 bits per heavy atom. The summed E-state index contributed by atoms with van der Waals surface area (Å²) in [7, 11) is 0. The van der Waals surface area contributed by atoms with Crippen LogP contribution in [-0.4, -0.2) is 24.2 Å². The van der Waals surface area contributed by atoms with Crippen molar-refractivity contribution in [3.05, 3.63) is 72.8 Å². The topological polar surface area (TPSA) is 60.2 Å². The van der Waals surface area contributed by atoms with Crippen LogP contribution in [0.2, 0.25) is 0 Å². The van der Waals surface area contributed by atoms with Gasteiger partial charge in [-0.15, -0.1) is 0 Å². The molecule has 2 heterocycles. The number of benzene rings is 3. The number of fused-ring (bicyclic) bond motifs is 3. The Morgan fingerprint density at radius 3 is 2.40 bits per heavy atom. The van der Waals surface area contributed by atoms with Gasteiger partial charge in [-0.3, -0.25) is 0 Å². The zero-order valence-corrected chi connectivity index (χ0v) is 17.7. The molecule has 0 aliphatic carbocycles. The molecule has 3 aromatic carbocycles. The minimum Gasteiger partial charge on any atom is -0.340 e. The fourth-order valence-corrected chi connectivity index (χ4v) is 5.44. The van der Waals surface area contributed by atoms with Crippen LogP contribution in [0.4, 0.5) is 11.4 Å². The molecule has 5 rings (SSSR count). The second-order valence-corrected chi connectivity index (χ2v) is 8.66. The van der Waals surface area contributed by atoms with Gasteiger partial charge in [-0.2, -0.15) is 0 Å². The summed E-state index contributed by atoms with van der Waals surface area (Å²) in [5.74, 6) is 0. The maximum Gasteiger partial charge on any atom is 0.0553 e. The molecule has 0 amide bonds. The summed E-state index contributed by atoms with van der Waals surface area (Å²) in [4.78, 5) is 4.99. The highest BCUT2D eigenvalue weighted by Crippen LogP contribution is 2.49. The van der Waals surface area contributed by atoms with Gasteiger partial charge in [0.25, 0.3) is 0 Å². The van der Waals surface area contributed by atoms with Crippen LogP contribution < -0.4 is 16.4 Å². The van der Waals surface area contributed by atoms with Crippen molar-refractivity contribution in [3.63, 3.8) is 0 Å². The van der Waals surface area contributed by atoms with E-state index in [1.807, 2.05) is 11.8 Å². The Morgan fingerprint density at radius 2 is 1.53 bits per heavy atom. The Bertz CT molecular complexity index is 1200. The number of hydrogen-bond donors (Lipinski definition) is 2. The lowest BCUT2D eigenvalue weighted by atomic mass is 10.1. The van der Waals surface area contributed by atoms with E-state index in [0.717, 1.165) is 19.5 Å². The van der Waals surface area contributed by atoms with Gasteiger partial charge in [-0.25, -0.2) is 0 Å². The number of hydrogen-bond acceptors (Lipinski definition) is 4. The van der Waals surface area contributed by atoms with Crippen LogP contribution in [-0.2, 0) is 6.54 Å². The average molecular weight is 415 g/mol. The van der Waals surface area contributed by atoms with Crippen LogP contribution in [0.3, 0.4) is 0 Å². The van der Waals surface area contributed by atoms with Gasteiger partial charge in [-0.05, 0) is 54.9 Å². The number of para-hydroxylation sites is 2. The molecule has 0 saturated carbocycles. The molecule has 0 bridgehead atoms. The lowest BCUT2D eigenvalue weighted by Crippen LogP contribution is -2.23. The number of nitrogens with two attached hydrogens (primary N) is 2. The molecular weight excluding hydrogens is 388 g/mol. The second kappa shape index (κ2) is 8.19. The highest BCUT2D eigenvalue weighted by molar-refractivity contribution is 7.99. The van der Waals surface area contributed by atoms with E-state index in [4.69, 9.17) is 11.5 Å². The van der Waals surface area contributed by atoms with Gasteiger partial charge < -0.3 is 20.9 Å². The highest BCUT2D eigenvalue weighted by atomic mass is 32.2. The lowest BCUT2D eigenvalue weighted by Gasteiger charge is -2.33. The van der Waals surface area contributed by atoms with Gasteiger partial charge in [0.15, 0.2) is 0 Å². The first-order valence-electron chi connectivity index (χ1n) is 10.5. The van der Waals surface area contributed by atoms with Gasteiger partial charge >= 0.3 is 0 Å². The third-order valence-corrected chi connectivity index (χ3v) is 6.78. The van der Waals surface area contributed by atoms with E-state index in [9.17, 15) is 0 Å². The van der Waals surface area contributed by atoms with E-state index in [-0.39, 0.29) is 0 Å². The molecule has 0 unspecified atom stereocenters. The molecule has 0 atom stereocenters. The summed E-state index contributed by atoms with van der Waals surface area (Å²) < 4.78 is 2.34. The monoisotopic (exact) mass is 414 g/mol. The zero-order chi connectivity index (χ0) is 20.5. The Labute approximate surface area is 181 Å². The predicted molar refractivity (Wildman–Crippen MR) is 128 cm³/mol. The average Bonchev–Trinajstić information content (AvgIpc) is 3.15. The largest absolute Gasteiger partial charge is 0.340 e. The lowest BCUT2D eigenvalue weighted by molar-refractivity contribution is 0.741. The fraction of sp³-hybridized carbons (Fsp3) is 0.200. The van der Waals surface area contributed by atoms with Crippen molar-refractivity contribution in [2.45, 2.75) is 22.8 Å². The number of aromatic nitrogens is 1. The Kier molecular flexibility index (Phi) is 5.25. The van der Waals surface area contributed by atoms with E-state index in [1.54, 1.807) is 0 Å². The van der Waals surface area contributed by atoms with E-state index in [2.05, 4.69) is 82.3 Å². The first kappa shape index (κ1) is 19.2. The third kappa shape index (κ3) is 3.29. The number of anilines is 2. The molecule has 4 nitrogen and oxygen atoms in total. The van der Waals surface area contributed by atoms with Crippen molar-refractivity contribution in [1.82, 2.24) is 4.57 Å². The SMILES string of the molecule is NCCCN1c2ccccc2Sc2cc(-c3cc4ccccc4n3CCN)ccc21. The summed E-state index contributed by atoms with van der Waals surface area (Å²) >= 11 is 1.85. The van der Waals surface area contributed by atoms with Crippen molar-refractivity contribution in [1.29, 1.82) is 0 Å². The quantitative estimate of drug-likeness (QED) is 0.454. The predicted octanol–water partition coefficient (Wildman–Crippen LogP) is 5.22. The molecule has 0 radical (unpaired) electrons. The minimum atomic E-state index is 0.617. The molecule has 152 valence electrons. The molecule has 1 aliphatic rings. The number of rotatable bonds is 6. The van der Waals surface area contributed by atoms with Crippen molar-refractivity contribution in [2.24, 2.45) is 11.5 Å². The molecular formula is C25H26N4S. The molecule has 1 aromatic heterocycles.